The number of allylic oxidation sites excluding steroid dienone is 1. The average molecular weight is 441 g/mol. The lowest BCUT2D eigenvalue weighted by atomic mass is 9.60. The molecule has 8 nitrogen and oxygen atoms in total. The van der Waals surface area contributed by atoms with Crippen LogP contribution in [0.2, 0.25) is 0 Å². The van der Waals surface area contributed by atoms with Gasteiger partial charge in [-0.25, -0.2) is 0 Å². The maximum absolute atomic E-state index is 13.1. The summed E-state index contributed by atoms with van der Waals surface area (Å²) in [5, 5.41) is 0. The van der Waals surface area contributed by atoms with Crippen molar-refractivity contribution in [3.8, 4) is 0 Å². The van der Waals surface area contributed by atoms with Crippen LogP contribution in [-0.2, 0) is 38.1 Å². The lowest BCUT2D eigenvalue weighted by molar-refractivity contribution is -0.182. The molecule has 0 radical (unpaired) electrons. The maximum atomic E-state index is 13.1. The molecule has 0 aromatic carbocycles. The molecule has 31 heavy (non-hydrogen) atoms. The largest absolute Gasteiger partial charge is 0.465 e. The highest BCUT2D eigenvalue weighted by Gasteiger charge is 2.62. The minimum Gasteiger partial charge on any atom is -0.465 e. The average Bonchev–Trinajstić information content (AvgIpc) is 2.74. The molecule has 0 aliphatic heterocycles. The molecule has 0 bridgehead atoms. The van der Waals surface area contributed by atoms with Crippen molar-refractivity contribution in [3.63, 3.8) is 0 Å². The number of carbonyl (C=O) groups excluding carboxylic acids is 4. The van der Waals surface area contributed by atoms with Crippen molar-refractivity contribution < 1.29 is 38.1 Å². The summed E-state index contributed by atoms with van der Waals surface area (Å²) in [6, 6.07) is 0. The number of esters is 4. The lowest BCUT2D eigenvalue weighted by Crippen LogP contribution is -2.53. The van der Waals surface area contributed by atoms with Crippen molar-refractivity contribution in [1.29, 1.82) is 0 Å². The first kappa shape index (κ1) is 26.7. The Kier molecular flexibility index (Phi) is 10.7. The molecule has 0 aromatic heterocycles. The first-order valence-corrected chi connectivity index (χ1v) is 11.2. The van der Waals surface area contributed by atoms with Crippen molar-refractivity contribution in [1.82, 2.24) is 0 Å². The predicted molar refractivity (Wildman–Crippen MR) is 113 cm³/mol. The van der Waals surface area contributed by atoms with Gasteiger partial charge >= 0.3 is 23.9 Å². The van der Waals surface area contributed by atoms with Gasteiger partial charge < -0.3 is 18.9 Å². The topological polar surface area (TPSA) is 105 Å². The third-order valence-corrected chi connectivity index (χ3v) is 5.50. The van der Waals surface area contributed by atoms with E-state index in [0.717, 1.165) is 12.8 Å². The molecule has 0 unspecified atom stereocenters. The van der Waals surface area contributed by atoms with Crippen LogP contribution in [0.3, 0.4) is 0 Å². The molecule has 0 N–H and O–H groups in total. The van der Waals surface area contributed by atoms with Gasteiger partial charge in [0.15, 0.2) is 10.8 Å². The smallest absolute Gasteiger partial charge is 0.327 e. The second-order valence-corrected chi connectivity index (χ2v) is 7.42. The lowest BCUT2D eigenvalue weighted by Gasteiger charge is -2.42. The molecule has 8 heteroatoms. The van der Waals surface area contributed by atoms with Crippen LogP contribution in [-0.4, -0.2) is 50.3 Å². The third kappa shape index (κ3) is 5.66. The van der Waals surface area contributed by atoms with Crippen LogP contribution in [0.1, 0.15) is 73.1 Å². The van der Waals surface area contributed by atoms with Crippen LogP contribution in [0.5, 0.6) is 0 Å². The molecule has 176 valence electrons. The SMILES string of the molecule is CCCC/C=C1\CC(C(=O)OCC)(C(=O)OCC)CCC1(C(=O)OCC)C(=O)OCC. The van der Waals surface area contributed by atoms with E-state index in [1.165, 1.54) is 0 Å². The molecule has 0 heterocycles. The summed E-state index contributed by atoms with van der Waals surface area (Å²) >= 11 is 0. The third-order valence-electron chi connectivity index (χ3n) is 5.50. The number of hydrogen-bond acceptors (Lipinski definition) is 8. The number of unbranched alkanes of at least 4 members (excludes halogenated alkanes) is 2. The predicted octanol–water partition coefficient (Wildman–Crippen LogP) is 3.51. The minimum absolute atomic E-state index is 0.0864. The van der Waals surface area contributed by atoms with E-state index in [9.17, 15) is 19.2 Å². The zero-order valence-corrected chi connectivity index (χ0v) is 19.4. The fourth-order valence-electron chi connectivity index (χ4n) is 3.88. The van der Waals surface area contributed by atoms with Gasteiger partial charge in [0.25, 0.3) is 0 Å². The van der Waals surface area contributed by atoms with Crippen molar-refractivity contribution in [2.45, 2.75) is 73.1 Å². The zero-order chi connectivity index (χ0) is 23.5. The molecule has 1 saturated carbocycles. The molecule has 0 aromatic rings. The summed E-state index contributed by atoms with van der Waals surface area (Å²) in [4.78, 5) is 52.0. The van der Waals surface area contributed by atoms with Gasteiger partial charge in [0, 0.05) is 0 Å². The monoisotopic (exact) mass is 440 g/mol. The molecule has 1 rings (SSSR count). The summed E-state index contributed by atoms with van der Waals surface area (Å²) in [5.41, 5.74) is -2.96. The number of ether oxygens (including phenoxy) is 4. The molecule has 0 amide bonds. The molecule has 0 atom stereocenters. The van der Waals surface area contributed by atoms with Crippen LogP contribution in [0.4, 0.5) is 0 Å². The highest BCUT2D eigenvalue weighted by atomic mass is 16.6. The van der Waals surface area contributed by atoms with E-state index >= 15 is 0 Å². The number of rotatable bonds is 11. The van der Waals surface area contributed by atoms with Gasteiger partial charge in [0.1, 0.15) is 0 Å². The molecular formula is C23H36O8. The Balaban J connectivity index is 3.60. The summed E-state index contributed by atoms with van der Waals surface area (Å²) in [6.07, 6.45) is 3.70. The van der Waals surface area contributed by atoms with Gasteiger partial charge in [0.05, 0.1) is 26.4 Å². The Labute approximate surface area is 184 Å². The van der Waals surface area contributed by atoms with Crippen molar-refractivity contribution in [3.05, 3.63) is 11.6 Å². The van der Waals surface area contributed by atoms with Crippen LogP contribution in [0.15, 0.2) is 11.6 Å². The highest BCUT2D eigenvalue weighted by molar-refractivity contribution is 6.06. The van der Waals surface area contributed by atoms with Crippen LogP contribution < -0.4 is 0 Å². The summed E-state index contributed by atoms with van der Waals surface area (Å²) in [6.45, 7) is 8.99. The Morgan fingerprint density at radius 2 is 1.19 bits per heavy atom. The van der Waals surface area contributed by atoms with E-state index in [-0.39, 0.29) is 45.7 Å². The summed E-state index contributed by atoms with van der Waals surface area (Å²) in [7, 11) is 0. The maximum Gasteiger partial charge on any atom is 0.327 e. The van der Waals surface area contributed by atoms with Crippen LogP contribution in [0.25, 0.3) is 0 Å². The normalized spacial score (nSPS) is 18.2. The Morgan fingerprint density at radius 3 is 1.61 bits per heavy atom. The second kappa shape index (κ2) is 12.5. The van der Waals surface area contributed by atoms with Gasteiger partial charge in [-0.15, -0.1) is 0 Å². The number of hydrogen-bond donors (Lipinski definition) is 0. The van der Waals surface area contributed by atoms with Crippen LogP contribution in [0, 0.1) is 10.8 Å². The van der Waals surface area contributed by atoms with E-state index in [1.54, 1.807) is 33.8 Å². The van der Waals surface area contributed by atoms with E-state index in [2.05, 4.69) is 0 Å². The molecule has 1 aliphatic carbocycles. The summed E-state index contributed by atoms with van der Waals surface area (Å²) < 4.78 is 20.9. The zero-order valence-electron chi connectivity index (χ0n) is 19.4. The van der Waals surface area contributed by atoms with E-state index in [4.69, 9.17) is 18.9 Å². The quantitative estimate of drug-likeness (QED) is 0.158. The van der Waals surface area contributed by atoms with Crippen molar-refractivity contribution >= 4 is 23.9 Å². The molecule has 1 aliphatic rings. The fourth-order valence-corrected chi connectivity index (χ4v) is 3.88. The van der Waals surface area contributed by atoms with Gasteiger partial charge in [-0.3, -0.25) is 19.2 Å². The van der Waals surface area contributed by atoms with Crippen molar-refractivity contribution in [2.24, 2.45) is 10.8 Å². The Hall–Kier alpha value is -2.38. The van der Waals surface area contributed by atoms with E-state index < -0.39 is 34.7 Å². The molecule has 1 fully saturated rings. The summed E-state index contributed by atoms with van der Waals surface area (Å²) in [5.74, 6) is -2.87. The highest BCUT2D eigenvalue weighted by Crippen LogP contribution is 2.52. The second-order valence-electron chi connectivity index (χ2n) is 7.42. The van der Waals surface area contributed by atoms with Gasteiger partial charge in [-0.1, -0.05) is 25.8 Å². The van der Waals surface area contributed by atoms with Gasteiger partial charge in [-0.05, 0) is 59.0 Å². The fraction of sp³-hybridized carbons (Fsp3) is 0.739. The minimum atomic E-state index is -1.69. The first-order valence-electron chi connectivity index (χ1n) is 11.2. The van der Waals surface area contributed by atoms with E-state index in [1.807, 2.05) is 6.92 Å². The Morgan fingerprint density at radius 1 is 0.742 bits per heavy atom. The Bertz CT molecular complexity index is 643. The first-order chi connectivity index (χ1) is 14.8. The van der Waals surface area contributed by atoms with Crippen LogP contribution >= 0.6 is 0 Å². The number of carbonyl (C=O) groups is 4. The standard InChI is InChI=1S/C23H36O8/c1-6-11-12-13-17-16-22(18(24)28-7-2,19(25)29-8-3)14-15-23(17,20(26)30-9-4)21(27)31-10-5/h13H,6-12,14-16H2,1-5H3/b17-13+. The van der Waals surface area contributed by atoms with E-state index in [0.29, 0.717) is 12.0 Å². The molecular weight excluding hydrogens is 404 g/mol. The van der Waals surface area contributed by atoms with Gasteiger partial charge in [-0.2, -0.15) is 0 Å². The molecule has 0 saturated heterocycles. The van der Waals surface area contributed by atoms with Gasteiger partial charge in [0.2, 0.25) is 0 Å². The molecule has 0 spiro atoms. The van der Waals surface area contributed by atoms with Crippen molar-refractivity contribution in [2.75, 3.05) is 26.4 Å².